The number of benzene rings is 1. The predicted octanol–water partition coefficient (Wildman–Crippen LogP) is 3.17. The van der Waals surface area contributed by atoms with Crippen molar-refractivity contribution >= 4 is 28.3 Å². The van der Waals surface area contributed by atoms with E-state index in [0.717, 1.165) is 21.7 Å². The van der Waals surface area contributed by atoms with Crippen LogP contribution < -0.4 is 5.32 Å². The highest BCUT2D eigenvalue weighted by Gasteiger charge is 2.11. The Bertz CT molecular complexity index is 745. The predicted molar refractivity (Wildman–Crippen MR) is 82.6 cm³/mol. The van der Waals surface area contributed by atoms with Gasteiger partial charge in [0.25, 0.3) is 0 Å². The number of rotatable bonds is 5. The van der Waals surface area contributed by atoms with E-state index < -0.39 is 5.97 Å². The molecule has 3 aromatic rings. The molecule has 0 aliphatic heterocycles. The van der Waals surface area contributed by atoms with Crippen molar-refractivity contribution in [3.05, 3.63) is 52.0 Å². The fourth-order valence-corrected chi connectivity index (χ4v) is 2.92. The molecule has 0 aliphatic rings. The molecular weight excluding hydrogens is 286 g/mol. The molecule has 0 amide bonds. The third-order valence-electron chi connectivity index (χ3n) is 3.30. The number of aromatic nitrogens is 2. The number of carbonyl (C=O) groups is 1. The Morgan fingerprint density at radius 3 is 3.00 bits per heavy atom. The third kappa shape index (κ3) is 2.96. The van der Waals surface area contributed by atoms with E-state index in [1.165, 1.54) is 11.3 Å². The number of para-hydroxylation sites is 2. The van der Waals surface area contributed by atoms with E-state index in [1.807, 2.05) is 31.2 Å². The second kappa shape index (κ2) is 5.67. The van der Waals surface area contributed by atoms with Gasteiger partial charge in [-0.1, -0.05) is 12.1 Å². The summed E-state index contributed by atoms with van der Waals surface area (Å²) in [6.45, 7) is 2.65. The second-order valence-corrected chi connectivity index (χ2v) is 5.84. The zero-order valence-corrected chi connectivity index (χ0v) is 12.3. The highest BCUT2D eigenvalue weighted by Crippen LogP contribution is 2.18. The van der Waals surface area contributed by atoms with Crippen molar-refractivity contribution in [1.82, 2.24) is 15.3 Å². The Labute approximate surface area is 125 Å². The second-order valence-electron chi connectivity index (χ2n) is 4.85. The Morgan fingerprint density at radius 2 is 2.29 bits per heavy atom. The maximum Gasteiger partial charge on any atom is 0.336 e. The maximum atomic E-state index is 10.8. The minimum Gasteiger partial charge on any atom is -0.478 e. The van der Waals surface area contributed by atoms with Crippen molar-refractivity contribution in [1.29, 1.82) is 0 Å². The molecule has 0 bridgehead atoms. The number of carboxylic acids is 1. The zero-order chi connectivity index (χ0) is 14.8. The van der Waals surface area contributed by atoms with Crippen molar-refractivity contribution in [2.45, 2.75) is 19.5 Å². The SMILES string of the molecule is CC(NCc1cc(C(=O)O)cs1)c1nc2ccccc2[nH]1. The van der Waals surface area contributed by atoms with Crippen molar-refractivity contribution in [2.75, 3.05) is 0 Å². The van der Waals surface area contributed by atoms with Crippen LogP contribution in [0, 0.1) is 0 Å². The number of hydrogen-bond donors (Lipinski definition) is 3. The third-order valence-corrected chi connectivity index (χ3v) is 4.24. The van der Waals surface area contributed by atoms with Crippen LogP contribution in [0.15, 0.2) is 35.7 Å². The Hall–Kier alpha value is -2.18. The lowest BCUT2D eigenvalue weighted by Crippen LogP contribution is -2.18. The van der Waals surface area contributed by atoms with Gasteiger partial charge in [-0.05, 0) is 25.1 Å². The Balaban J connectivity index is 1.67. The van der Waals surface area contributed by atoms with E-state index in [2.05, 4.69) is 15.3 Å². The molecule has 21 heavy (non-hydrogen) atoms. The fraction of sp³-hybridized carbons (Fsp3) is 0.200. The standard InChI is InChI=1S/C15H15N3O2S/c1-9(14-17-12-4-2-3-5-13(12)18-14)16-7-11-6-10(8-21-11)15(19)20/h2-6,8-9,16H,7H2,1H3,(H,17,18)(H,19,20). The summed E-state index contributed by atoms with van der Waals surface area (Å²) >= 11 is 1.45. The monoisotopic (exact) mass is 301 g/mol. The molecule has 0 saturated heterocycles. The van der Waals surface area contributed by atoms with Gasteiger partial charge in [0.1, 0.15) is 5.82 Å². The summed E-state index contributed by atoms with van der Waals surface area (Å²) in [6, 6.07) is 9.67. The van der Waals surface area contributed by atoms with Crippen molar-refractivity contribution in [3.63, 3.8) is 0 Å². The molecule has 6 heteroatoms. The first-order chi connectivity index (χ1) is 10.1. The molecule has 2 aromatic heterocycles. The minimum absolute atomic E-state index is 0.0628. The normalized spacial score (nSPS) is 12.6. The topological polar surface area (TPSA) is 78.0 Å². The molecule has 1 unspecified atom stereocenters. The van der Waals surface area contributed by atoms with Gasteiger partial charge < -0.3 is 15.4 Å². The highest BCUT2D eigenvalue weighted by molar-refractivity contribution is 7.10. The molecule has 3 rings (SSSR count). The van der Waals surface area contributed by atoms with Crippen LogP contribution in [0.25, 0.3) is 11.0 Å². The van der Waals surface area contributed by atoms with Crippen molar-refractivity contribution in [2.24, 2.45) is 0 Å². The maximum absolute atomic E-state index is 10.8. The number of fused-ring (bicyclic) bond motifs is 1. The van der Waals surface area contributed by atoms with E-state index in [4.69, 9.17) is 5.11 Å². The van der Waals surface area contributed by atoms with Gasteiger partial charge in [0, 0.05) is 16.8 Å². The number of imidazole rings is 1. The number of aromatic carboxylic acids is 1. The first-order valence-electron chi connectivity index (χ1n) is 6.62. The summed E-state index contributed by atoms with van der Waals surface area (Å²) in [5.74, 6) is -0.00551. The van der Waals surface area contributed by atoms with Gasteiger partial charge in [-0.15, -0.1) is 11.3 Å². The zero-order valence-electron chi connectivity index (χ0n) is 11.5. The Morgan fingerprint density at radius 1 is 1.48 bits per heavy atom. The average Bonchev–Trinajstić information content (AvgIpc) is 3.11. The van der Waals surface area contributed by atoms with Crippen LogP contribution in [0.1, 0.15) is 34.0 Å². The van der Waals surface area contributed by atoms with Crippen LogP contribution in [0.5, 0.6) is 0 Å². The van der Waals surface area contributed by atoms with Gasteiger partial charge in [-0.25, -0.2) is 9.78 Å². The van der Waals surface area contributed by atoms with Gasteiger partial charge in [0.05, 0.1) is 22.6 Å². The largest absolute Gasteiger partial charge is 0.478 e. The lowest BCUT2D eigenvalue weighted by Gasteiger charge is -2.09. The molecule has 1 aromatic carbocycles. The van der Waals surface area contributed by atoms with E-state index >= 15 is 0 Å². The number of thiophene rings is 1. The molecule has 108 valence electrons. The summed E-state index contributed by atoms with van der Waals surface area (Å²) in [6.07, 6.45) is 0. The number of nitrogens with one attached hydrogen (secondary N) is 2. The molecule has 3 N–H and O–H groups in total. The fourth-order valence-electron chi connectivity index (χ4n) is 2.11. The molecule has 2 heterocycles. The van der Waals surface area contributed by atoms with E-state index in [1.54, 1.807) is 11.4 Å². The van der Waals surface area contributed by atoms with Crippen LogP contribution in [0.2, 0.25) is 0 Å². The molecule has 5 nitrogen and oxygen atoms in total. The number of H-pyrrole nitrogens is 1. The number of aromatic amines is 1. The van der Waals surface area contributed by atoms with Crippen LogP contribution in [-0.4, -0.2) is 21.0 Å². The summed E-state index contributed by atoms with van der Waals surface area (Å²) in [5, 5.41) is 13.9. The highest BCUT2D eigenvalue weighted by atomic mass is 32.1. The number of nitrogens with zero attached hydrogens (tertiary/aromatic N) is 1. The summed E-state index contributed by atoms with van der Waals surface area (Å²) in [5.41, 5.74) is 2.31. The number of carboxylic acid groups (broad SMARTS) is 1. The molecule has 0 radical (unpaired) electrons. The quantitative estimate of drug-likeness (QED) is 0.676. The van der Waals surface area contributed by atoms with Crippen LogP contribution in [0.4, 0.5) is 0 Å². The van der Waals surface area contributed by atoms with Gasteiger partial charge in [-0.3, -0.25) is 0 Å². The van der Waals surface area contributed by atoms with Crippen LogP contribution in [0.3, 0.4) is 0 Å². The summed E-state index contributed by atoms with van der Waals surface area (Å²) in [4.78, 5) is 19.7. The van der Waals surface area contributed by atoms with E-state index in [-0.39, 0.29) is 6.04 Å². The van der Waals surface area contributed by atoms with Gasteiger partial charge in [0.15, 0.2) is 0 Å². The average molecular weight is 301 g/mol. The van der Waals surface area contributed by atoms with Crippen LogP contribution >= 0.6 is 11.3 Å². The molecular formula is C15H15N3O2S. The smallest absolute Gasteiger partial charge is 0.336 e. The summed E-state index contributed by atoms with van der Waals surface area (Å²) < 4.78 is 0. The van der Waals surface area contributed by atoms with Crippen molar-refractivity contribution < 1.29 is 9.90 Å². The Kier molecular flexibility index (Phi) is 3.72. The van der Waals surface area contributed by atoms with Crippen LogP contribution in [-0.2, 0) is 6.54 Å². The molecule has 0 fully saturated rings. The minimum atomic E-state index is -0.886. The molecule has 1 atom stereocenters. The lowest BCUT2D eigenvalue weighted by atomic mass is 10.3. The molecule has 0 saturated carbocycles. The van der Waals surface area contributed by atoms with Gasteiger partial charge >= 0.3 is 5.97 Å². The number of hydrogen-bond acceptors (Lipinski definition) is 4. The summed E-state index contributed by atoms with van der Waals surface area (Å²) in [7, 11) is 0. The first-order valence-corrected chi connectivity index (χ1v) is 7.50. The van der Waals surface area contributed by atoms with Gasteiger partial charge in [0.2, 0.25) is 0 Å². The van der Waals surface area contributed by atoms with E-state index in [0.29, 0.717) is 12.1 Å². The van der Waals surface area contributed by atoms with Gasteiger partial charge in [-0.2, -0.15) is 0 Å². The molecule has 0 aliphatic carbocycles. The first kappa shape index (κ1) is 13.8. The molecule has 0 spiro atoms. The van der Waals surface area contributed by atoms with E-state index in [9.17, 15) is 4.79 Å². The van der Waals surface area contributed by atoms with Crippen molar-refractivity contribution in [3.8, 4) is 0 Å². The lowest BCUT2D eigenvalue weighted by molar-refractivity contribution is 0.0697.